The number of hydrogen-bond acceptors (Lipinski definition) is 5. The van der Waals surface area contributed by atoms with Gasteiger partial charge in [0.1, 0.15) is 23.2 Å². The van der Waals surface area contributed by atoms with E-state index in [2.05, 4.69) is 6.07 Å². The number of carbonyl (C=O) groups excluding carboxylic acids is 1. The first-order chi connectivity index (χ1) is 13.1. The van der Waals surface area contributed by atoms with E-state index in [1.807, 2.05) is 30.3 Å². The topological polar surface area (TPSA) is 96.3 Å². The second-order valence-electron chi connectivity index (χ2n) is 6.79. The van der Waals surface area contributed by atoms with Gasteiger partial charge >= 0.3 is 0 Å². The second kappa shape index (κ2) is 6.65. The van der Waals surface area contributed by atoms with Crippen LogP contribution in [0.4, 0.5) is 0 Å². The molecular weight excluding hydrogens is 340 g/mol. The molecule has 2 aromatic carbocycles. The molecule has 5 heteroatoms. The van der Waals surface area contributed by atoms with Gasteiger partial charge in [-0.05, 0) is 29.2 Å². The molecule has 134 valence electrons. The summed E-state index contributed by atoms with van der Waals surface area (Å²) in [5, 5.41) is 19.2. The van der Waals surface area contributed by atoms with Gasteiger partial charge in [-0.25, -0.2) is 0 Å². The predicted molar refractivity (Wildman–Crippen MR) is 99.2 cm³/mol. The van der Waals surface area contributed by atoms with Crippen molar-refractivity contribution in [2.75, 3.05) is 0 Å². The van der Waals surface area contributed by atoms with E-state index in [1.165, 1.54) is 12.1 Å². The minimum atomic E-state index is -0.566. The molecule has 0 fully saturated rings. The standard InChI is InChI=1S/C22H18N2O3/c23-12-17-20(14-6-8-16(25)9-7-14)21-18(26)10-15(11-19(21)27-22(17)24)13-4-2-1-3-5-13/h1-9,15,20,25H,10-11,24H2. The van der Waals surface area contributed by atoms with Crippen LogP contribution in [-0.4, -0.2) is 10.9 Å². The lowest BCUT2D eigenvalue weighted by atomic mass is 9.73. The number of ketones is 1. The zero-order chi connectivity index (χ0) is 19.0. The second-order valence-corrected chi connectivity index (χ2v) is 6.79. The average Bonchev–Trinajstić information content (AvgIpc) is 2.68. The molecule has 1 aliphatic heterocycles. The van der Waals surface area contributed by atoms with E-state index >= 15 is 0 Å². The third-order valence-corrected chi connectivity index (χ3v) is 5.16. The number of hydrogen-bond donors (Lipinski definition) is 2. The summed E-state index contributed by atoms with van der Waals surface area (Å²) in [6.07, 6.45) is 0.915. The van der Waals surface area contributed by atoms with Crippen molar-refractivity contribution in [1.82, 2.24) is 0 Å². The fourth-order valence-electron chi connectivity index (χ4n) is 3.87. The molecule has 0 aromatic heterocycles. The third-order valence-electron chi connectivity index (χ3n) is 5.16. The van der Waals surface area contributed by atoms with Gasteiger partial charge in [-0.15, -0.1) is 0 Å². The number of nitriles is 1. The molecule has 2 aromatic rings. The molecule has 2 aliphatic rings. The van der Waals surface area contributed by atoms with E-state index in [0.717, 1.165) is 11.1 Å². The van der Waals surface area contributed by atoms with E-state index in [4.69, 9.17) is 10.5 Å². The van der Waals surface area contributed by atoms with Crippen LogP contribution in [0.25, 0.3) is 0 Å². The Kier molecular flexibility index (Phi) is 4.17. The van der Waals surface area contributed by atoms with E-state index < -0.39 is 5.92 Å². The molecule has 1 heterocycles. The number of Topliss-reactive ketones (excluding diaryl/α,β-unsaturated/α-hetero) is 1. The number of rotatable bonds is 2. The van der Waals surface area contributed by atoms with Crippen molar-refractivity contribution in [2.24, 2.45) is 5.73 Å². The van der Waals surface area contributed by atoms with E-state index in [1.54, 1.807) is 12.1 Å². The highest BCUT2D eigenvalue weighted by Crippen LogP contribution is 2.46. The Hall–Kier alpha value is -3.52. The lowest BCUT2D eigenvalue weighted by molar-refractivity contribution is -0.117. The summed E-state index contributed by atoms with van der Waals surface area (Å²) in [4.78, 5) is 13.1. The summed E-state index contributed by atoms with van der Waals surface area (Å²) in [6.45, 7) is 0. The zero-order valence-electron chi connectivity index (χ0n) is 14.6. The molecule has 27 heavy (non-hydrogen) atoms. The highest BCUT2D eigenvalue weighted by molar-refractivity contribution is 6.00. The summed E-state index contributed by atoms with van der Waals surface area (Å²) in [5.74, 6) is 0.112. The largest absolute Gasteiger partial charge is 0.508 e. The van der Waals surface area contributed by atoms with Gasteiger partial charge in [-0.1, -0.05) is 42.5 Å². The van der Waals surface area contributed by atoms with Gasteiger partial charge in [-0.3, -0.25) is 4.79 Å². The number of benzene rings is 2. The van der Waals surface area contributed by atoms with Crippen molar-refractivity contribution in [1.29, 1.82) is 5.26 Å². The van der Waals surface area contributed by atoms with Crippen LogP contribution < -0.4 is 5.73 Å². The van der Waals surface area contributed by atoms with Crippen LogP contribution in [0.3, 0.4) is 0 Å². The van der Waals surface area contributed by atoms with Gasteiger partial charge in [-0.2, -0.15) is 5.26 Å². The third kappa shape index (κ3) is 2.96. The summed E-state index contributed by atoms with van der Waals surface area (Å²) >= 11 is 0. The van der Waals surface area contributed by atoms with Crippen molar-refractivity contribution in [2.45, 2.75) is 24.7 Å². The summed E-state index contributed by atoms with van der Waals surface area (Å²) < 4.78 is 5.74. The molecule has 0 spiro atoms. The SMILES string of the molecule is N#CC1=C(N)OC2=C(C(=O)CC(c3ccccc3)C2)C1c1ccc(O)cc1. The van der Waals surface area contributed by atoms with Gasteiger partial charge in [0.25, 0.3) is 0 Å². The normalized spacial score (nSPS) is 22.1. The van der Waals surface area contributed by atoms with Crippen molar-refractivity contribution in [3.05, 3.63) is 88.5 Å². The zero-order valence-corrected chi connectivity index (χ0v) is 14.6. The maximum absolute atomic E-state index is 13.1. The number of carbonyl (C=O) groups is 1. The number of phenolic OH excluding ortho intramolecular Hbond substituents is 1. The maximum atomic E-state index is 13.1. The monoisotopic (exact) mass is 358 g/mol. The average molecular weight is 358 g/mol. The minimum Gasteiger partial charge on any atom is -0.508 e. The maximum Gasteiger partial charge on any atom is 0.205 e. The molecule has 2 unspecified atom stereocenters. The number of phenols is 1. The number of nitrogens with two attached hydrogens (primary N) is 1. The molecule has 1 aliphatic carbocycles. The Morgan fingerprint density at radius 2 is 1.74 bits per heavy atom. The molecule has 0 bridgehead atoms. The van der Waals surface area contributed by atoms with Crippen molar-refractivity contribution in [3.63, 3.8) is 0 Å². The minimum absolute atomic E-state index is 0.0225. The van der Waals surface area contributed by atoms with Crippen LogP contribution in [0.1, 0.15) is 35.8 Å². The Morgan fingerprint density at radius 3 is 2.41 bits per heavy atom. The van der Waals surface area contributed by atoms with Gasteiger partial charge in [0.15, 0.2) is 5.78 Å². The molecule has 5 nitrogen and oxygen atoms in total. The van der Waals surface area contributed by atoms with Crippen molar-refractivity contribution < 1.29 is 14.6 Å². The van der Waals surface area contributed by atoms with E-state index in [-0.39, 0.29) is 28.9 Å². The first kappa shape index (κ1) is 16.9. The van der Waals surface area contributed by atoms with Crippen LogP contribution in [0, 0.1) is 11.3 Å². The molecule has 0 amide bonds. The number of aromatic hydroxyl groups is 1. The van der Waals surface area contributed by atoms with Gasteiger partial charge in [0.2, 0.25) is 5.88 Å². The van der Waals surface area contributed by atoms with Gasteiger partial charge in [0.05, 0.1) is 5.92 Å². The smallest absolute Gasteiger partial charge is 0.205 e. The van der Waals surface area contributed by atoms with Crippen LogP contribution in [0.15, 0.2) is 77.4 Å². The van der Waals surface area contributed by atoms with Gasteiger partial charge in [0, 0.05) is 18.4 Å². The lowest BCUT2D eigenvalue weighted by Crippen LogP contribution is -2.29. The molecule has 0 saturated carbocycles. The Labute approximate surface area is 157 Å². The lowest BCUT2D eigenvalue weighted by Gasteiger charge is -2.34. The van der Waals surface area contributed by atoms with E-state index in [0.29, 0.717) is 24.2 Å². The van der Waals surface area contributed by atoms with Crippen LogP contribution >= 0.6 is 0 Å². The molecular formula is C22H18N2O3. The Bertz CT molecular complexity index is 998. The summed E-state index contributed by atoms with van der Waals surface area (Å²) in [6, 6.07) is 18.4. The van der Waals surface area contributed by atoms with E-state index in [9.17, 15) is 15.2 Å². The van der Waals surface area contributed by atoms with Crippen LogP contribution in [-0.2, 0) is 9.53 Å². The number of nitrogens with zero attached hydrogens (tertiary/aromatic N) is 1. The van der Waals surface area contributed by atoms with Gasteiger partial charge < -0.3 is 15.6 Å². The Morgan fingerprint density at radius 1 is 1.04 bits per heavy atom. The number of ether oxygens (including phenoxy) is 1. The molecule has 2 atom stereocenters. The first-order valence-corrected chi connectivity index (χ1v) is 8.76. The quantitative estimate of drug-likeness (QED) is 0.855. The van der Waals surface area contributed by atoms with Crippen molar-refractivity contribution in [3.8, 4) is 11.8 Å². The molecule has 0 radical (unpaired) electrons. The van der Waals surface area contributed by atoms with Crippen LogP contribution in [0.5, 0.6) is 5.75 Å². The van der Waals surface area contributed by atoms with Crippen LogP contribution in [0.2, 0.25) is 0 Å². The fourth-order valence-corrected chi connectivity index (χ4v) is 3.87. The summed E-state index contributed by atoms with van der Waals surface area (Å²) in [7, 11) is 0. The fraction of sp³-hybridized carbons (Fsp3) is 0.182. The molecule has 0 saturated heterocycles. The molecule has 3 N–H and O–H groups in total. The summed E-state index contributed by atoms with van der Waals surface area (Å²) in [5.41, 5.74) is 8.56. The highest BCUT2D eigenvalue weighted by atomic mass is 16.5. The first-order valence-electron chi connectivity index (χ1n) is 8.76. The Balaban J connectivity index is 1.79. The predicted octanol–water partition coefficient (Wildman–Crippen LogP) is 3.60. The molecule has 4 rings (SSSR count). The number of allylic oxidation sites excluding steroid dienone is 3. The highest BCUT2D eigenvalue weighted by Gasteiger charge is 2.40. The van der Waals surface area contributed by atoms with Crippen molar-refractivity contribution >= 4 is 5.78 Å².